The summed E-state index contributed by atoms with van der Waals surface area (Å²) in [6.45, 7) is 0. The number of hydrogen-bond acceptors (Lipinski definition) is 7. The largest absolute Gasteiger partial charge is 0.493 e. The molecule has 0 amide bonds. The third kappa shape index (κ3) is 7.79. The summed E-state index contributed by atoms with van der Waals surface area (Å²) in [5.41, 5.74) is 3.77. The first-order valence-corrected chi connectivity index (χ1v) is 14.3. The molecule has 4 aromatic carbocycles. The minimum Gasteiger partial charge on any atom is -0.493 e. The summed E-state index contributed by atoms with van der Waals surface area (Å²) in [6, 6.07) is 23.1. The SMILES string of the molecule is COc1cc([C@@H](Cc2ccc(Cl)cc2)O[C@H](Cc2ccc(Cl)cc2)c2cc(OC)c(OC)c(OC)c2)cc(OC)c1OC. The lowest BCUT2D eigenvalue weighted by Gasteiger charge is -2.28. The van der Waals surface area contributed by atoms with Crippen LogP contribution in [0.5, 0.6) is 34.5 Å². The van der Waals surface area contributed by atoms with E-state index in [-0.39, 0.29) is 0 Å². The summed E-state index contributed by atoms with van der Waals surface area (Å²) >= 11 is 12.4. The van der Waals surface area contributed by atoms with Gasteiger partial charge in [0.25, 0.3) is 0 Å². The first-order valence-electron chi connectivity index (χ1n) is 13.6. The number of benzene rings is 4. The second kappa shape index (κ2) is 15.1. The standard InChI is InChI=1S/C34H36Cl2O7/c1-37-29-17-23(18-30(38-2)33(29)41-5)27(15-21-7-11-25(35)12-8-21)43-28(16-22-9-13-26(36)14-10-22)24-19-31(39-3)34(42-6)32(20-24)40-4/h7-14,17-20,27-28H,15-16H2,1-6H3/t27-,28-/m1/s1. The average molecular weight is 628 g/mol. The maximum atomic E-state index is 7.07. The number of hydrogen-bond donors (Lipinski definition) is 0. The van der Waals surface area contributed by atoms with Gasteiger partial charge in [-0.15, -0.1) is 0 Å². The fourth-order valence-electron chi connectivity index (χ4n) is 4.93. The fourth-order valence-corrected chi connectivity index (χ4v) is 5.18. The van der Waals surface area contributed by atoms with Crippen LogP contribution in [0.1, 0.15) is 34.5 Å². The van der Waals surface area contributed by atoms with Crippen molar-refractivity contribution >= 4 is 23.2 Å². The van der Waals surface area contributed by atoms with Gasteiger partial charge in [-0.05, 0) is 70.8 Å². The Kier molecular flexibility index (Phi) is 11.3. The summed E-state index contributed by atoms with van der Waals surface area (Å²) in [5.74, 6) is 3.13. The van der Waals surface area contributed by atoms with Gasteiger partial charge in [-0.3, -0.25) is 0 Å². The van der Waals surface area contributed by atoms with Gasteiger partial charge in [0, 0.05) is 22.9 Å². The predicted octanol–water partition coefficient (Wildman–Crippen LogP) is 8.33. The molecule has 0 spiro atoms. The van der Waals surface area contributed by atoms with Gasteiger partial charge in [0.05, 0.1) is 54.9 Å². The zero-order valence-corrected chi connectivity index (χ0v) is 26.6. The molecule has 0 aromatic heterocycles. The summed E-state index contributed by atoms with van der Waals surface area (Å²) in [7, 11) is 9.53. The molecule has 0 radical (unpaired) electrons. The van der Waals surface area contributed by atoms with Gasteiger partial charge >= 0.3 is 0 Å². The lowest BCUT2D eigenvalue weighted by molar-refractivity contribution is -0.0153. The van der Waals surface area contributed by atoms with Gasteiger partial charge in [0.1, 0.15) is 0 Å². The van der Waals surface area contributed by atoms with E-state index >= 15 is 0 Å². The smallest absolute Gasteiger partial charge is 0.203 e. The van der Waals surface area contributed by atoms with Crippen LogP contribution in [-0.4, -0.2) is 42.7 Å². The van der Waals surface area contributed by atoms with E-state index in [2.05, 4.69) is 0 Å². The van der Waals surface area contributed by atoms with Crippen molar-refractivity contribution in [2.75, 3.05) is 42.7 Å². The van der Waals surface area contributed by atoms with Crippen molar-refractivity contribution in [3.05, 3.63) is 105 Å². The molecule has 0 aliphatic heterocycles. The third-order valence-corrected chi connectivity index (χ3v) is 7.62. The van der Waals surface area contributed by atoms with Crippen LogP contribution in [0.3, 0.4) is 0 Å². The molecule has 43 heavy (non-hydrogen) atoms. The zero-order chi connectivity index (χ0) is 30.9. The molecule has 9 heteroatoms. The Morgan fingerprint density at radius 3 is 1.02 bits per heavy atom. The number of rotatable bonds is 14. The summed E-state index contributed by atoms with van der Waals surface area (Å²) in [5, 5.41) is 1.32. The highest BCUT2D eigenvalue weighted by Crippen LogP contribution is 2.45. The minimum atomic E-state index is -0.439. The summed E-state index contributed by atoms with van der Waals surface area (Å²) < 4.78 is 40.9. The van der Waals surface area contributed by atoms with Crippen molar-refractivity contribution in [2.45, 2.75) is 25.0 Å². The first-order chi connectivity index (χ1) is 20.8. The molecule has 4 rings (SSSR count). The van der Waals surface area contributed by atoms with Gasteiger partial charge in [0.2, 0.25) is 11.5 Å². The highest BCUT2D eigenvalue weighted by Gasteiger charge is 2.26. The van der Waals surface area contributed by atoms with E-state index in [9.17, 15) is 0 Å². The first kappa shape index (κ1) is 32.1. The molecule has 0 heterocycles. The molecule has 0 unspecified atom stereocenters. The molecule has 0 aliphatic rings. The highest BCUT2D eigenvalue weighted by molar-refractivity contribution is 6.30. The second-order valence-electron chi connectivity index (χ2n) is 9.69. The van der Waals surface area contributed by atoms with E-state index in [1.807, 2.05) is 72.8 Å². The Labute approximate surface area is 263 Å². The van der Waals surface area contributed by atoms with Gasteiger partial charge < -0.3 is 33.2 Å². The monoisotopic (exact) mass is 626 g/mol. The summed E-state index contributed by atoms with van der Waals surface area (Å²) in [6.07, 6.45) is 0.201. The van der Waals surface area contributed by atoms with Crippen LogP contribution in [0, 0.1) is 0 Å². The maximum absolute atomic E-state index is 7.07. The van der Waals surface area contributed by atoms with Gasteiger partial charge in [-0.2, -0.15) is 0 Å². The van der Waals surface area contributed by atoms with Crippen LogP contribution in [-0.2, 0) is 17.6 Å². The predicted molar refractivity (Wildman–Crippen MR) is 169 cm³/mol. The number of methoxy groups -OCH3 is 6. The van der Waals surface area contributed by atoms with Crippen molar-refractivity contribution in [1.29, 1.82) is 0 Å². The average Bonchev–Trinajstić information content (AvgIpc) is 3.04. The lowest BCUT2D eigenvalue weighted by atomic mass is 9.97. The molecule has 0 bridgehead atoms. The quantitative estimate of drug-likeness (QED) is 0.139. The molecule has 2 atom stereocenters. The van der Waals surface area contributed by atoms with E-state index in [4.69, 9.17) is 56.4 Å². The van der Waals surface area contributed by atoms with Crippen molar-refractivity contribution in [3.63, 3.8) is 0 Å². The molecule has 228 valence electrons. The van der Waals surface area contributed by atoms with E-state index in [0.717, 1.165) is 22.3 Å². The van der Waals surface area contributed by atoms with Crippen molar-refractivity contribution in [3.8, 4) is 34.5 Å². The molecular formula is C34H36Cl2O7. The normalized spacial score (nSPS) is 12.3. The Bertz CT molecular complexity index is 1330. The Morgan fingerprint density at radius 2 is 0.767 bits per heavy atom. The lowest BCUT2D eigenvalue weighted by Crippen LogP contribution is -2.16. The Balaban J connectivity index is 1.86. The minimum absolute atomic E-state index is 0.439. The van der Waals surface area contributed by atoms with E-state index in [1.54, 1.807) is 42.7 Å². The van der Waals surface area contributed by atoms with Gasteiger partial charge in [-0.25, -0.2) is 0 Å². The highest BCUT2D eigenvalue weighted by atomic mass is 35.5. The second-order valence-corrected chi connectivity index (χ2v) is 10.6. The van der Waals surface area contributed by atoms with Crippen molar-refractivity contribution in [2.24, 2.45) is 0 Å². The number of ether oxygens (including phenoxy) is 7. The third-order valence-electron chi connectivity index (χ3n) is 7.11. The Morgan fingerprint density at radius 1 is 0.465 bits per heavy atom. The molecule has 0 saturated carbocycles. The van der Waals surface area contributed by atoms with Gasteiger partial charge in [-0.1, -0.05) is 47.5 Å². The maximum Gasteiger partial charge on any atom is 0.203 e. The van der Waals surface area contributed by atoms with Crippen molar-refractivity contribution < 1.29 is 33.2 Å². The number of halogens is 2. The van der Waals surface area contributed by atoms with Crippen LogP contribution < -0.4 is 28.4 Å². The fraction of sp³-hybridized carbons (Fsp3) is 0.294. The van der Waals surface area contributed by atoms with E-state index < -0.39 is 12.2 Å². The van der Waals surface area contributed by atoms with Gasteiger partial charge in [0.15, 0.2) is 23.0 Å². The molecule has 0 N–H and O–H groups in total. The van der Waals surface area contributed by atoms with E-state index in [0.29, 0.717) is 57.4 Å². The van der Waals surface area contributed by atoms with Crippen LogP contribution in [0.15, 0.2) is 72.8 Å². The topological polar surface area (TPSA) is 64.6 Å². The van der Waals surface area contributed by atoms with Crippen LogP contribution >= 0.6 is 23.2 Å². The summed E-state index contributed by atoms with van der Waals surface area (Å²) in [4.78, 5) is 0. The van der Waals surface area contributed by atoms with Crippen molar-refractivity contribution in [1.82, 2.24) is 0 Å². The van der Waals surface area contributed by atoms with E-state index in [1.165, 1.54) is 0 Å². The molecule has 0 saturated heterocycles. The van der Waals surface area contributed by atoms with Crippen LogP contribution in [0.2, 0.25) is 10.0 Å². The molecule has 7 nitrogen and oxygen atoms in total. The molecule has 4 aromatic rings. The Hall–Kier alpha value is -3.78. The van der Waals surface area contributed by atoms with Crippen LogP contribution in [0.25, 0.3) is 0 Å². The molecule has 0 aliphatic carbocycles. The molecule has 0 fully saturated rings. The zero-order valence-electron chi connectivity index (χ0n) is 25.1. The van der Waals surface area contributed by atoms with Crippen LogP contribution in [0.4, 0.5) is 0 Å². The molecular weight excluding hydrogens is 591 g/mol.